The molecule has 2 aromatic carbocycles. The number of nitrogens with zero attached hydrogens (tertiary/aromatic N) is 4. The molecule has 0 atom stereocenters. The third-order valence-corrected chi connectivity index (χ3v) is 6.85. The van der Waals surface area contributed by atoms with Crippen LogP contribution in [0.25, 0.3) is 5.69 Å². The smallest absolute Gasteiger partial charge is 0.416 e. The minimum absolute atomic E-state index is 0.0240. The number of rotatable bonds is 6. The van der Waals surface area contributed by atoms with Gasteiger partial charge in [-0.3, -0.25) is 19.1 Å². The molecule has 1 aliphatic heterocycles. The van der Waals surface area contributed by atoms with Gasteiger partial charge >= 0.3 is 11.8 Å². The highest BCUT2D eigenvalue weighted by atomic mass is 19.1. The van der Waals surface area contributed by atoms with Crippen molar-refractivity contribution in [3.8, 4) is 17.2 Å². The van der Waals surface area contributed by atoms with Crippen molar-refractivity contribution in [2.24, 2.45) is 0 Å². The number of amides is 2. The lowest BCUT2D eigenvalue weighted by Gasteiger charge is -2.24. The van der Waals surface area contributed by atoms with Gasteiger partial charge in [-0.1, -0.05) is 0 Å². The minimum atomic E-state index is -0.923. The SMILES string of the molecule is CC(C)n1cc(C(=O)Nc2ccc(Oc3ccnc4c3CCN4C(=O)OC(C)(C)C)c(F)c2)c(=O)n(-c2ccc(F)cc2)c1=O. The maximum absolute atomic E-state index is 15.2. The minimum Gasteiger partial charge on any atom is -0.454 e. The van der Waals surface area contributed by atoms with Crippen molar-refractivity contribution in [3.05, 3.63) is 105 Å². The van der Waals surface area contributed by atoms with E-state index >= 15 is 4.39 Å². The van der Waals surface area contributed by atoms with Crippen LogP contribution in [0.2, 0.25) is 0 Å². The number of pyridine rings is 1. The van der Waals surface area contributed by atoms with Gasteiger partial charge in [0.05, 0.1) is 5.69 Å². The molecule has 1 aliphatic rings. The molecule has 0 fully saturated rings. The number of hydrogen-bond donors (Lipinski definition) is 1. The number of aromatic nitrogens is 3. The Morgan fingerprint density at radius 2 is 1.71 bits per heavy atom. The van der Waals surface area contributed by atoms with Crippen LogP contribution in [0.3, 0.4) is 0 Å². The monoisotopic (exact) mass is 619 g/mol. The Kier molecular flexibility index (Phi) is 8.28. The summed E-state index contributed by atoms with van der Waals surface area (Å²) in [7, 11) is 0. The summed E-state index contributed by atoms with van der Waals surface area (Å²) in [4.78, 5) is 57.9. The average Bonchev–Trinajstić information content (AvgIpc) is 3.40. The topological polar surface area (TPSA) is 125 Å². The summed E-state index contributed by atoms with van der Waals surface area (Å²) in [5.41, 5.74) is -1.98. The molecule has 0 radical (unpaired) electrons. The van der Waals surface area contributed by atoms with E-state index in [4.69, 9.17) is 9.47 Å². The third kappa shape index (κ3) is 6.47. The molecular weight excluding hydrogens is 588 g/mol. The number of anilines is 2. The number of hydrogen-bond acceptors (Lipinski definition) is 7. The van der Waals surface area contributed by atoms with Crippen LogP contribution in [0.1, 0.15) is 56.6 Å². The van der Waals surface area contributed by atoms with Gasteiger partial charge in [-0.25, -0.2) is 27.9 Å². The zero-order valence-corrected chi connectivity index (χ0v) is 25.3. The van der Waals surface area contributed by atoms with Gasteiger partial charge in [-0.2, -0.15) is 0 Å². The number of carbonyl (C=O) groups excluding carboxylic acids is 2. The highest BCUT2D eigenvalue weighted by Gasteiger charge is 2.32. The lowest BCUT2D eigenvalue weighted by molar-refractivity contribution is 0.0582. The van der Waals surface area contributed by atoms with Crippen molar-refractivity contribution in [1.82, 2.24) is 14.1 Å². The lowest BCUT2D eigenvalue weighted by atomic mass is 10.2. The first-order valence-electron chi connectivity index (χ1n) is 14.1. The zero-order valence-electron chi connectivity index (χ0n) is 25.3. The maximum Gasteiger partial charge on any atom is 0.416 e. The highest BCUT2D eigenvalue weighted by Crippen LogP contribution is 2.37. The molecule has 3 heterocycles. The van der Waals surface area contributed by atoms with Gasteiger partial charge in [0.15, 0.2) is 11.6 Å². The van der Waals surface area contributed by atoms with Crippen molar-refractivity contribution in [2.75, 3.05) is 16.8 Å². The van der Waals surface area contributed by atoms with Crippen molar-refractivity contribution < 1.29 is 27.8 Å². The summed E-state index contributed by atoms with van der Waals surface area (Å²) in [5, 5.41) is 2.49. The first kappa shape index (κ1) is 31.1. The molecule has 13 heteroatoms. The van der Waals surface area contributed by atoms with E-state index in [1.54, 1.807) is 40.7 Å². The van der Waals surface area contributed by atoms with E-state index in [-0.39, 0.29) is 22.7 Å². The van der Waals surface area contributed by atoms with Gasteiger partial charge in [0.1, 0.15) is 28.5 Å². The fourth-order valence-electron chi connectivity index (χ4n) is 4.75. The molecule has 11 nitrogen and oxygen atoms in total. The zero-order chi connectivity index (χ0) is 32.6. The van der Waals surface area contributed by atoms with Gasteiger partial charge in [0.25, 0.3) is 11.5 Å². The van der Waals surface area contributed by atoms with Crippen LogP contribution >= 0.6 is 0 Å². The van der Waals surface area contributed by atoms with Crippen LogP contribution in [0.5, 0.6) is 11.5 Å². The normalized spacial score (nSPS) is 12.7. The summed E-state index contributed by atoms with van der Waals surface area (Å²) < 4.78 is 42.0. The molecule has 0 aliphatic carbocycles. The third-order valence-electron chi connectivity index (χ3n) is 6.85. The van der Waals surface area contributed by atoms with Gasteiger partial charge in [-0.05, 0) is 83.5 Å². The number of nitrogens with one attached hydrogen (secondary N) is 1. The number of ether oxygens (including phenoxy) is 2. The van der Waals surface area contributed by atoms with Crippen LogP contribution in [0.4, 0.5) is 25.1 Å². The summed E-state index contributed by atoms with van der Waals surface area (Å²) in [6.07, 6.45) is 2.45. The molecule has 0 spiro atoms. The molecule has 45 heavy (non-hydrogen) atoms. The predicted molar refractivity (Wildman–Crippen MR) is 163 cm³/mol. The number of halogens is 2. The predicted octanol–water partition coefficient (Wildman–Crippen LogP) is 5.60. The van der Waals surface area contributed by atoms with E-state index in [0.29, 0.717) is 30.1 Å². The standard InChI is InChI=1S/C32H31F2N5O6/c1-18(2)38-17-23(29(41)39(30(38)42)21-9-6-19(33)7-10-21)28(40)36-20-8-11-26(24(34)16-20)44-25-12-14-35-27-22(25)13-15-37(27)31(43)45-32(3,4)5/h6-12,14,16-18H,13,15H2,1-5H3,(H,36,40). The van der Waals surface area contributed by atoms with Crippen molar-refractivity contribution >= 4 is 23.5 Å². The Labute approximate surface area is 256 Å². The lowest BCUT2D eigenvalue weighted by Crippen LogP contribution is -2.42. The highest BCUT2D eigenvalue weighted by molar-refractivity contribution is 6.04. The Hall–Kier alpha value is -5.33. The second-order valence-corrected chi connectivity index (χ2v) is 11.6. The Morgan fingerprint density at radius 1 is 1.00 bits per heavy atom. The number of fused-ring (bicyclic) bond motifs is 1. The van der Waals surface area contributed by atoms with Crippen LogP contribution in [-0.4, -0.2) is 38.3 Å². The molecule has 0 unspecified atom stereocenters. The first-order chi connectivity index (χ1) is 21.2. The first-order valence-corrected chi connectivity index (χ1v) is 14.1. The Balaban J connectivity index is 1.39. The van der Waals surface area contributed by atoms with Crippen LogP contribution in [0, 0.1) is 11.6 Å². The number of benzene rings is 2. The molecule has 5 rings (SSSR count). The quantitative estimate of drug-likeness (QED) is 0.298. The Morgan fingerprint density at radius 3 is 2.36 bits per heavy atom. The van der Waals surface area contributed by atoms with Crippen molar-refractivity contribution in [2.45, 2.75) is 52.7 Å². The molecule has 0 saturated heterocycles. The molecule has 234 valence electrons. The summed E-state index contributed by atoms with van der Waals surface area (Å²) in [6, 6.07) is 9.57. The molecule has 2 aromatic heterocycles. The molecule has 0 bridgehead atoms. The number of carbonyl (C=O) groups is 2. The van der Waals surface area contributed by atoms with Crippen LogP contribution < -0.4 is 26.2 Å². The second kappa shape index (κ2) is 12.0. The van der Waals surface area contributed by atoms with E-state index < -0.39 is 46.5 Å². The van der Waals surface area contributed by atoms with Crippen molar-refractivity contribution in [3.63, 3.8) is 0 Å². The summed E-state index contributed by atoms with van der Waals surface area (Å²) in [6.45, 7) is 9.00. The van der Waals surface area contributed by atoms with Crippen molar-refractivity contribution in [1.29, 1.82) is 0 Å². The molecular formula is C32H31F2N5O6. The summed E-state index contributed by atoms with van der Waals surface area (Å²) in [5.74, 6) is -1.73. The van der Waals surface area contributed by atoms with E-state index in [0.717, 1.165) is 29.0 Å². The largest absolute Gasteiger partial charge is 0.454 e. The maximum atomic E-state index is 15.2. The molecule has 1 N–H and O–H groups in total. The van der Waals surface area contributed by atoms with E-state index in [9.17, 15) is 23.6 Å². The van der Waals surface area contributed by atoms with E-state index in [1.807, 2.05) is 0 Å². The van der Waals surface area contributed by atoms with Gasteiger partial charge in [0, 0.05) is 42.3 Å². The van der Waals surface area contributed by atoms with Crippen LogP contribution in [0.15, 0.2) is 70.5 Å². The molecule has 0 saturated carbocycles. The van der Waals surface area contributed by atoms with Gasteiger partial charge in [0.2, 0.25) is 0 Å². The average molecular weight is 620 g/mol. The Bertz CT molecular complexity index is 1910. The van der Waals surface area contributed by atoms with Gasteiger partial charge in [-0.15, -0.1) is 0 Å². The summed E-state index contributed by atoms with van der Waals surface area (Å²) >= 11 is 0. The fraction of sp³-hybridized carbons (Fsp3) is 0.281. The fourth-order valence-corrected chi connectivity index (χ4v) is 4.75. The van der Waals surface area contributed by atoms with E-state index in [1.165, 1.54) is 39.9 Å². The van der Waals surface area contributed by atoms with Crippen LogP contribution in [-0.2, 0) is 11.2 Å². The van der Waals surface area contributed by atoms with E-state index in [2.05, 4.69) is 10.3 Å². The molecule has 4 aromatic rings. The second-order valence-electron chi connectivity index (χ2n) is 11.6. The molecule has 2 amide bonds. The van der Waals surface area contributed by atoms with Gasteiger partial charge < -0.3 is 14.8 Å².